The molecule has 81 heavy (non-hydrogen) atoms. The highest BCUT2D eigenvalue weighted by Crippen LogP contribution is 2.41. The Bertz CT molecular complexity index is 5350. The Kier molecular flexibility index (Phi) is 10.2. The van der Waals surface area contributed by atoms with Crippen LogP contribution < -0.4 is 13.7 Å². The molecule has 0 N–H and O–H groups in total. The monoisotopic (exact) mass is 1070 g/mol. The summed E-state index contributed by atoms with van der Waals surface area (Å²) >= 11 is 0. The smallest absolute Gasteiger partial charge is 0.212 e. The predicted octanol–water partition coefficient (Wildman–Crippen LogP) is 18.5. The number of rotatable bonds is 3. The second-order valence-electron chi connectivity index (χ2n) is 21.9. The molecule has 6 heterocycles. The Morgan fingerprint density at radius 3 is 1.23 bits per heavy atom. The standard InChI is InChI=1S/3C25H22NO/c1-15-9-23(26(4)14-17(15)3)20-13-22-21-11-18-7-5-6-8-19(18)12-25(21)27-24(22)10-16(20)2;1-15-11-22(26(4)14-17(15)3)20-13-21-24(12-16(20)2)27-23-10-9-18-7-5-6-8-19(18)25(21)23;1-15-11-23(26(4)14-17(15)3)21-13-22-20-10-9-18-7-5-6-8-19(18)25(20)27-24(22)12-16(21)2/h3*5-14H,1-4H3/q3*+1/i3*3D3. The van der Waals surface area contributed by atoms with E-state index >= 15 is 0 Å². The second kappa shape index (κ2) is 19.8. The van der Waals surface area contributed by atoms with Gasteiger partial charge in [0, 0.05) is 102 Å². The highest BCUT2D eigenvalue weighted by atomic mass is 16.3. The molecule has 0 aliphatic heterocycles. The van der Waals surface area contributed by atoms with E-state index in [2.05, 4.69) is 124 Å². The van der Waals surface area contributed by atoms with Crippen molar-refractivity contribution in [1.29, 1.82) is 0 Å². The summed E-state index contributed by atoms with van der Waals surface area (Å²) in [6, 6.07) is 56.1. The molecular weight excluding hydrogens is 991 g/mol. The molecule has 9 aromatic carbocycles. The lowest BCUT2D eigenvalue weighted by atomic mass is 9.97. The highest BCUT2D eigenvalue weighted by Gasteiger charge is 2.22. The summed E-state index contributed by atoms with van der Waals surface area (Å²) in [5, 5.41) is 13.4. The summed E-state index contributed by atoms with van der Waals surface area (Å²) in [6.07, 6.45) is 5.18. The number of hydrogen-bond acceptors (Lipinski definition) is 3. The van der Waals surface area contributed by atoms with Crippen molar-refractivity contribution in [2.24, 2.45) is 21.1 Å². The number of fused-ring (bicyclic) bond motifs is 14. The molecule has 6 nitrogen and oxygen atoms in total. The maximum Gasteiger partial charge on any atom is 0.212 e. The van der Waals surface area contributed by atoms with Crippen molar-refractivity contribution in [2.45, 2.75) is 62.1 Å². The van der Waals surface area contributed by atoms with Crippen molar-refractivity contribution in [1.82, 2.24) is 0 Å². The van der Waals surface area contributed by atoms with E-state index in [9.17, 15) is 0 Å². The lowest BCUT2D eigenvalue weighted by Gasteiger charge is -2.07. The van der Waals surface area contributed by atoms with E-state index < -0.39 is 20.6 Å². The minimum absolute atomic E-state index is 0.382. The Balaban J connectivity index is 0.000000124. The number of furan rings is 3. The zero-order valence-corrected chi connectivity index (χ0v) is 46.9. The number of aryl methyl sites for hydroxylation is 12. The molecule has 0 unspecified atom stereocenters. The van der Waals surface area contributed by atoms with Crippen molar-refractivity contribution in [3.63, 3.8) is 0 Å². The van der Waals surface area contributed by atoms with E-state index in [-0.39, 0.29) is 0 Å². The average Bonchev–Trinajstić information content (AvgIpc) is 1.60. The summed E-state index contributed by atoms with van der Waals surface area (Å²) in [4.78, 5) is 0. The Morgan fingerprint density at radius 1 is 0.296 bits per heavy atom. The molecule has 0 atom stereocenters. The molecule has 396 valence electrons. The highest BCUT2D eigenvalue weighted by molar-refractivity contribution is 6.20. The van der Waals surface area contributed by atoms with Gasteiger partial charge in [-0.15, -0.1) is 0 Å². The van der Waals surface area contributed by atoms with Gasteiger partial charge in [-0.2, -0.15) is 0 Å². The first kappa shape index (κ1) is 41.6. The topological polar surface area (TPSA) is 51.1 Å². The third-order valence-electron chi connectivity index (χ3n) is 16.4. The van der Waals surface area contributed by atoms with E-state index in [0.29, 0.717) is 16.7 Å². The summed E-state index contributed by atoms with van der Waals surface area (Å²) in [7, 11) is 5.69. The Hall–Kier alpha value is -9.39. The summed E-state index contributed by atoms with van der Waals surface area (Å²) in [5.74, 6) is 0. The maximum atomic E-state index is 7.79. The van der Waals surface area contributed by atoms with Crippen LogP contribution in [0.1, 0.15) is 62.4 Å². The molecule has 0 radical (unpaired) electrons. The molecular formula is C75H66N3O3+3. The van der Waals surface area contributed by atoms with Crippen LogP contribution >= 0.6 is 0 Å². The van der Waals surface area contributed by atoms with Crippen LogP contribution in [-0.4, -0.2) is 0 Å². The molecule has 0 amide bonds. The third-order valence-corrected chi connectivity index (χ3v) is 16.4. The van der Waals surface area contributed by atoms with Crippen LogP contribution in [-0.2, 0) is 21.1 Å². The second-order valence-corrected chi connectivity index (χ2v) is 21.9. The number of pyridine rings is 3. The van der Waals surface area contributed by atoms with Crippen molar-refractivity contribution in [3.05, 3.63) is 232 Å². The molecule has 0 fully saturated rings. The van der Waals surface area contributed by atoms with E-state index in [0.717, 1.165) is 149 Å². The van der Waals surface area contributed by atoms with Crippen LogP contribution in [0.3, 0.4) is 0 Å². The third kappa shape index (κ3) is 8.87. The van der Waals surface area contributed by atoms with Crippen LogP contribution in [0.25, 0.3) is 132 Å². The van der Waals surface area contributed by atoms with Gasteiger partial charge >= 0.3 is 0 Å². The minimum atomic E-state index is -2.13. The number of hydrogen-bond donors (Lipinski definition) is 0. The summed E-state index contributed by atoms with van der Waals surface area (Å²) in [5.41, 5.74) is 18.1. The largest absolute Gasteiger partial charge is 0.456 e. The fraction of sp³-hybridized carbons (Fsp3) is 0.160. The van der Waals surface area contributed by atoms with Gasteiger partial charge in [-0.05, 0) is 183 Å². The minimum Gasteiger partial charge on any atom is -0.456 e. The Labute approximate surface area is 485 Å². The van der Waals surface area contributed by atoms with E-state index in [4.69, 9.17) is 25.6 Å². The van der Waals surface area contributed by atoms with Gasteiger partial charge < -0.3 is 13.3 Å². The van der Waals surface area contributed by atoms with Crippen LogP contribution in [0, 0.1) is 62.1 Å². The molecule has 0 bridgehead atoms. The quantitative estimate of drug-likeness (QED) is 0.166. The number of nitrogens with zero attached hydrogens (tertiary/aromatic N) is 3. The van der Waals surface area contributed by atoms with Gasteiger partial charge in [0.05, 0.1) is 0 Å². The van der Waals surface area contributed by atoms with Crippen molar-refractivity contribution < 1.29 is 39.3 Å². The van der Waals surface area contributed by atoms with Gasteiger partial charge in [-0.1, -0.05) is 84.9 Å². The first-order valence-corrected chi connectivity index (χ1v) is 27.3. The zero-order valence-electron chi connectivity index (χ0n) is 55.9. The molecule has 0 saturated heterocycles. The van der Waals surface area contributed by atoms with Gasteiger partial charge in [0.1, 0.15) is 54.6 Å². The van der Waals surface area contributed by atoms with E-state index in [1.807, 2.05) is 116 Å². The average molecular weight is 1070 g/mol. The van der Waals surface area contributed by atoms with Crippen LogP contribution in [0.15, 0.2) is 196 Å². The fourth-order valence-corrected chi connectivity index (χ4v) is 11.8. The van der Waals surface area contributed by atoms with Crippen molar-refractivity contribution in [2.75, 3.05) is 0 Å². The van der Waals surface area contributed by atoms with Crippen LogP contribution in [0.2, 0.25) is 0 Å². The van der Waals surface area contributed by atoms with E-state index in [1.165, 1.54) is 16.2 Å². The molecule has 0 saturated carbocycles. The van der Waals surface area contributed by atoms with Gasteiger partial charge in [0.25, 0.3) is 0 Å². The number of benzene rings is 9. The first-order chi connectivity index (χ1) is 42.7. The fourth-order valence-electron chi connectivity index (χ4n) is 11.8. The lowest BCUT2D eigenvalue weighted by molar-refractivity contribution is -0.660. The SMILES string of the molecule is [2H]C([2H])([2H])c1c[n+](C)c(-c2cc3c(cc2C)oc2c4ccccc4ccc32)cc1C.[2H]C([2H])([2H])c1c[n+](C)c(-c2cc3c(cc2C)oc2cc4ccccc4cc23)cc1C.[2H]C([2H])([2H])c1c[n+](C)c(-c2cc3c(cc2C)oc2ccc4ccccc4c23)cc1C. The molecule has 0 spiro atoms. The molecule has 15 aromatic rings. The zero-order chi connectivity index (χ0) is 63.6. The number of aromatic nitrogens is 3. The van der Waals surface area contributed by atoms with Crippen LogP contribution in [0.5, 0.6) is 0 Å². The summed E-state index contributed by atoms with van der Waals surface area (Å²) < 4.78 is 94.4. The van der Waals surface area contributed by atoms with Crippen molar-refractivity contribution in [3.8, 4) is 33.8 Å². The summed E-state index contributed by atoms with van der Waals surface area (Å²) in [6.45, 7) is 5.39. The molecule has 15 rings (SSSR count). The van der Waals surface area contributed by atoms with Gasteiger partial charge in [-0.3, -0.25) is 0 Å². The molecule has 0 aliphatic carbocycles. The molecule has 6 aromatic heterocycles. The lowest BCUT2D eigenvalue weighted by Crippen LogP contribution is -2.31. The van der Waals surface area contributed by atoms with Gasteiger partial charge in [0.2, 0.25) is 17.1 Å². The van der Waals surface area contributed by atoms with Crippen LogP contribution in [0.4, 0.5) is 0 Å². The van der Waals surface area contributed by atoms with Gasteiger partial charge in [0.15, 0.2) is 18.6 Å². The first-order valence-electron chi connectivity index (χ1n) is 31.8. The maximum absolute atomic E-state index is 7.79. The Morgan fingerprint density at radius 2 is 0.691 bits per heavy atom. The predicted molar refractivity (Wildman–Crippen MR) is 336 cm³/mol. The molecule has 6 heteroatoms. The van der Waals surface area contributed by atoms with Gasteiger partial charge in [-0.25, -0.2) is 13.7 Å². The van der Waals surface area contributed by atoms with E-state index in [1.54, 1.807) is 18.6 Å². The van der Waals surface area contributed by atoms with Crippen molar-refractivity contribution >= 4 is 98.1 Å². The molecule has 0 aliphatic rings. The normalized spacial score (nSPS) is 13.8.